The molecule has 0 saturated carbocycles. The number of aromatic nitrogens is 4. The topological polar surface area (TPSA) is 72.7 Å². The van der Waals surface area contributed by atoms with Crippen LogP contribution in [0.1, 0.15) is 20.3 Å². The first-order chi connectivity index (χ1) is 9.45. The van der Waals surface area contributed by atoms with Crippen LogP contribution >= 0.6 is 11.6 Å². The summed E-state index contributed by atoms with van der Waals surface area (Å²) in [6.45, 7) is 8.61. The first kappa shape index (κ1) is 14.6. The molecule has 0 amide bonds. The average Bonchev–Trinajstić information content (AvgIpc) is 2.67. The lowest BCUT2D eigenvalue weighted by Gasteiger charge is -2.08. The minimum Gasteiger partial charge on any atom is -0.305 e. The van der Waals surface area contributed by atoms with Crippen LogP contribution in [0.25, 0.3) is 11.2 Å². The molecule has 0 bridgehead atoms. The summed E-state index contributed by atoms with van der Waals surface area (Å²) in [7, 11) is 0. The van der Waals surface area contributed by atoms with Crippen molar-refractivity contribution in [2.45, 2.75) is 33.4 Å². The molecule has 1 N–H and O–H groups in total. The normalized spacial score (nSPS) is 11.4. The van der Waals surface area contributed by atoms with E-state index in [0.717, 1.165) is 6.42 Å². The maximum atomic E-state index is 12.0. The molecule has 0 aromatic carbocycles. The Balaban J connectivity index is 2.70. The van der Waals surface area contributed by atoms with Gasteiger partial charge in [0.15, 0.2) is 11.2 Å². The Bertz CT molecular complexity index is 754. The largest absolute Gasteiger partial charge is 0.330 e. The molecule has 108 valence electrons. The summed E-state index contributed by atoms with van der Waals surface area (Å²) in [5, 5.41) is 0.175. The summed E-state index contributed by atoms with van der Waals surface area (Å²) in [4.78, 5) is 30.4. The van der Waals surface area contributed by atoms with Gasteiger partial charge in [-0.3, -0.25) is 14.3 Å². The highest BCUT2D eigenvalue weighted by Crippen LogP contribution is 2.16. The molecule has 0 unspecified atom stereocenters. The van der Waals surface area contributed by atoms with Gasteiger partial charge in [0.1, 0.15) is 0 Å². The van der Waals surface area contributed by atoms with Crippen LogP contribution in [0, 0.1) is 5.92 Å². The van der Waals surface area contributed by atoms with Crippen LogP contribution in [-0.2, 0) is 13.1 Å². The van der Waals surface area contributed by atoms with Crippen molar-refractivity contribution >= 4 is 22.8 Å². The van der Waals surface area contributed by atoms with Gasteiger partial charge in [0.05, 0.1) is 0 Å². The smallest absolute Gasteiger partial charge is 0.305 e. The van der Waals surface area contributed by atoms with E-state index in [9.17, 15) is 9.59 Å². The van der Waals surface area contributed by atoms with Crippen molar-refractivity contribution in [3.63, 3.8) is 0 Å². The molecule has 2 heterocycles. The Morgan fingerprint density at radius 1 is 1.40 bits per heavy atom. The van der Waals surface area contributed by atoms with Crippen LogP contribution in [0.4, 0.5) is 0 Å². The van der Waals surface area contributed by atoms with E-state index in [0.29, 0.717) is 30.2 Å². The number of hydrogen-bond acceptors (Lipinski definition) is 3. The van der Waals surface area contributed by atoms with Crippen LogP contribution < -0.4 is 11.2 Å². The first-order valence-electron chi connectivity index (χ1n) is 6.45. The molecule has 0 radical (unpaired) electrons. The lowest BCUT2D eigenvalue weighted by Crippen LogP contribution is -2.31. The molecule has 0 aliphatic carbocycles. The fraction of sp³-hybridized carbons (Fsp3) is 0.462. The first-order valence-corrected chi connectivity index (χ1v) is 6.83. The molecule has 2 aromatic rings. The summed E-state index contributed by atoms with van der Waals surface area (Å²) in [5.74, 6) is 0.439. The molecule has 0 aliphatic heterocycles. The minimum absolute atomic E-state index is 0.175. The van der Waals surface area contributed by atoms with Gasteiger partial charge in [-0.15, -0.1) is 6.58 Å². The van der Waals surface area contributed by atoms with Gasteiger partial charge in [-0.05, 0) is 23.9 Å². The van der Waals surface area contributed by atoms with Gasteiger partial charge >= 0.3 is 5.69 Å². The van der Waals surface area contributed by atoms with Crippen LogP contribution in [0.3, 0.4) is 0 Å². The number of fused-ring (bicyclic) bond motifs is 1. The van der Waals surface area contributed by atoms with Gasteiger partial charge in [0.2, 0.25) is 5.28 Å². The molecule has 2 aromatic heterocycles. The zero-order valence-corrected chi connectivity index (χ0v) is 12.3. The number of allylic oxidation sites excluding steroid dienone is 1. The van der Waals surface area contributed by atoms with E-state index in [1.807, 2.05) is 0 Å². The summed E-state index contributed by atoms with van der Waals surface area (Å²) in [6.07, 6.45) is 2.43. The number of nitrogens with one attached hydrogen (secondary N) is 1. The standard InChI is InChI=1S/C13H17ClN4O2/c1-4-6-17-9-10(15-12(17)14)18(7-5-8(2)3)13(20)16-11(9)19/h4,8H,1,5-7H2,2-3H3,(H,16,19,20). The van der Waals surface area contributed by atoms with E-state index < -0.39 is 11.2 Å². The summed E-state index contributed by atoms with van der Waals surface area (Å²) in [6, 6.07) is 0. The van der Waals surface area contributed by atoms with E-state index in [2.05, 4.69) is 30.4 Å². The second kappa shape index (κ2) is 5.66. The SMILES string of the molecule is C=CCn1c(Cl)nc2c1c(=O)[nH]c(=O)n2CCC(C)C. The van der Waals surface area contributed by atoms with Gasteiger partial charge in [0, 0.05) is 13.1 Å². The Morgan fingerprint density at radius 3 is 2.70 bits per heavy atom. The van der Waals surface area contributed by atoms with Gasteiger partial charge in [-0.1, -0.05) is 19.9 Å². The lowest BCUT2D eigenvalue weighted by molar-refractivity contribution is 0.509. The van der Waals surface area contributed by atoms with E-state index in [1.54, 1.807) is 6.08 Å². The molecule has 0 aliphatic rings. The van der Waals surface area contributed by atoms with E-state index in [-0.39, 0.29) is 5.28 Å². The highest BCUT2D eigenvalue weighted by molar-refractivity contribution is 6.29. The number of H-pyrrole nitrogens is 1. The third-order valence-electron chi connectivity index (χ3n) is 3.08. The second-order valence-corrected chi connectivity index (χ2v) is 5.38. The summed E-state index contributed by atoms with van der Waals surface area (Å²) < 4.78 is 3.00. The summed E-state index contributed by atoms with van der Waals surface area (Å²) >= 11 is 6.04. The van der Waals surface area contributed by atoms with Gasteiger partial charge in [-0.2, -0.15) is 4.98 Å². The maximum absolute atomic E-state index is 12.0. The molecule has 2 rings (SSSR count). The lowest BCUT2D eigenvalue weighted by atomic mass is 10.1. The van der Waals surface area contributed by atoms with Crippen molar-refractivity contribution in [1.82, 2.24) is 19.1 Å². The highest BCUT2D eigenvalue weighted by atomic mass is 35.5. The zero-order valence-electron chi connectivity index (χ0n) is 11.5. The van der Waals surface area contributed by atoms with Crippen molar-refractivity contribution in [3.05, 3.63) is 38.8 Å². The fourth-order valence-electron chi connectivity index (χ4n) is 2.04. The molecular weight excluding hydrogens is 280 g/mol. The van der Waals surface area contributed by atoms with Gasteiger partial charge < -0.3 is 4.57 Å². The van der Waals surface area contributed by atoms with Crippen molar-refractivity contribution in [2.24, 2.45) is 5.92 Å². The van der Waals surface area contributed by atoms with Gasteiger partial charge in [0.25, 0.3) is 5.56 Å². The van der Waals surface area contributed by atoms with Crippen LogP contribution in [0.15, 0.2) is 22.2 Å². The molecule has 20 heavy (non-hydrogen) atoms. The zero-order chi connectivity index (χ0) is 14.9. The van der Waals surface area contributed by atoms with Gasteiger partial charge in [-0.25, -0.2) is 4.79 Å². The monoisotopic (exact) mass is 296 g/mol. The Hall–Kier alpha value is -1.82. The number of halogens is 1. The fourth-order valence-corrected chi connectivity index (χ4v) is 2.27. The van der Waals surface area contributed by atoms with E-state index in [4.69, 9.17) is 11.6 Å². The van der Waals surface area contributed by atoms with Crippen molar-refractivity contribution in [1.29, 1.82) is 0 Å². The number of rotatable bonds is 5. The second-order valence-electron chi connectivity index (χ2n) is 5.05. The van der Waals surface area contributed by atoms with Crippen molar-refractivity contribution < 1.29 is 0 Å². The maximum Gasteiger partial charge on any atom is 0.330 e. The number of nitrogens with zero attached hydrogens (tertiary/aromatic N) is 3. The summed E-state index contributed by atoms with van der Waals surface area (Å²) in [5.41, 5.74) is -0.306. The Labute approximate surface area is 120 Å². The van der Waals surface area contributed by atoms with E-state index >= 15 is 0 Å². The predicted molar refractivity (Wildman–Crippen MR) is 79.3 cm³/mol. The van der Waals surface area contributed by atoms with Crippen LogP contribution in [0.2, 0.25) is 5.28 Å². The Morgan fingerprint density at radius 2 is 2.10 bits per heavy atom. The third kappa shape index (κ3) is 2.56. The molecular formula is C13H17ClN4O2. The van der Waals surface area contributed by atoms with E-state index in [1.165, 1.54) is 9.13 Å². The van der Waals surface area contributed by atoms with Crippen LogP contribution in [0.5, 0.6) is 0 Å². The number of hydrogen-bond donors (Lipinski definition) is 1. The number of aryl methyl sites for hydroxylation is 1. The molecule has 0 fully saturated rings. The molecule has 0 spiro atoms. The molecule has 0 atom stereocenters. The van der Waals surface area contributed by atoms with Crippen molar-refractivity contribution in [3.8, 4) is 0 Å². The molecule has 6 nitrogen and oxygen atoms in total. The number of imidazole rings is 1. The third-order valence-corrected chi connectivity index (χ3v) is 3.37. The quantitative estimate of drug-likeness (QED) is 0.675. The highest BCUT2D eigenvalue weighted by Gasteiger charge is 2.16. The molecule has 0 saturated heterocycles. The van der Waals surface area contributed by atoms with Crippen LogP contribution in [-0.4, -0.2) is 19.1 Å². The Kier molecular flexibility index (Phi) is 4.13. The minimum atomic E-state index is -0.480. The predicted octanol–water partition coefficient (Wildman–Crippen LogP) is 1.77. The van der Waals surface area contributed by atoms with Crippen molar-refractivity contribution in [2.75, 3.05) is 0 Å². The average molecular weight is 297 g/mol. The number of aromatic amines is 1. The molecule has 7 heteroatoms.